The van der Waals surface area contributed by atoms with Crippen molar-refractivity contribution in [3.05, 3.63) is 48.8 Å². The van der Waals surface area contributed by atoms with E-state index in [9.17, 15) is 4.79 Å². The standard InChI is InChI=1S/C18H16N6O3S/c1-2-26-14-7-8-15-16(9-14)28-18(20-15)21-17(25)10-27-13-5-3-12(4-6-13)24-11-19-22-23-24/h3-9,11H,2,10H2,1H3,(H,20,21,25). The van der Waals surface area contributed by atoms with E-state index in [0.717, 1.165) is 21.7 Å². The maximum Gasteiger partial charge on any atom is 0.264 e. The van der Waals surface area contributed by atoms with Crippen molar-refractivity contribution in [1.29, 1.82) is 0 Å². The largest absolute Gasteiger partial charge is 0.494 e. The Morgan fingerprint density at radius 1 is 1.14 bits per heavy atom. The zero-order valence-electron chi connectivity index (χ0n) is 14.9. The van der Waals surface area contributed by atoms with Crippen LogP contribution in [0, 0.1) is 0 Å². The second kappa shape index (κ2) is 8.01. The summed E-state index contributed by atoms with van der Waals surface area (Å²) in [6.45, 7) is 2.41. The lowest BCUT2D eigenvalue weighted by molar-refractivity contribution is -0.118. The third kappa shape index (κ3) is 4.07. The molecule has 0 atom stereocenters. The molecule has 4 rings (SSSR count). The molecule has 2 heterocycles. The SMILES string of the molecule is CCOc1ccc2nc(NC(=O)COc3ccc(-n4cnnn4)cc3)sc2c1. The number of carbonyl (C=O) groups excluding carboxylic acids is 1. The number of thiazole rings is 1. The first-order chi connectivity index (χ1) is 13.7. The highest BCUT2D eigenvalue weighted by atomic mass is 32.1. The van der Waals surface area contributed by atoms with Crippen molar-refractivity contribution in [2.75, 3.05) is 18.5 Å². The van der Waals surface area contributed by atoms with Crippen LogP contribution in [0.5, 0.6) is 11.5 Å². The second-order valence-electron chi connectivity index (χ2n) is 5.67. The Kier molecular flexibility index (Phi) is 5.11. The highest BCUT2D eigenvalue weighted by Crippen LogP contribution is 2.29. The Hall–Kier alpha value is -3.53. The highest BCUT2D eigenvalue weighted by Gasteiger charge is 2.10. The van der Waals surface area contributed by atoms with Gasteiger partial charge in [-0.15, -0.1) is 5.10 Å². The lowest BCUT2D eigenvalue weighted by Gasteiger charge is -2.06. The van der Waals surface area contributed by atoms with Crippen LogP contribution < -0.4 is 14.8 Å². The van der Waals surface area contributed by atoms with Crippen molar-refractivity contribution in [3.63, 3.8) is 0 Å². The molecule has 2 aromatic heterocycles. The molecule has 0 aliphatic rings. The molecular formula is C18H16N6O3S. The molecule has 4 aromatic rings. The summed E-state index contributed by atoms with van der Waals surface area (Å²) in [6, 6.07) is 12.7. The molecule has 0 fully saturated rings. The van der Waals surface area contributed by atoms with E-state index < -0.39 is 0 Å². The van der Waals surface area contributed by atoms with Crippen molar-refractivity contribution < 1.29 is 14.3 Å². The summed E-state index contributed by atoms with van der Waals surface area (Å²) in [5.41, 5.74) is 1.60. The van der Waals surface area contributed by atoms with Crippen LogP contribution in [0.15, 0.2) is 48.8 Å². The molecule has 0 saturated heterocycles. The van der Waals surface area contributed by atoms with Gasteiger partial charge in [-0.2, -0.15) is 0 Å². The number of nitrogens with one attached hydrogen (secondary N) is 1. The van der Waals surface area contributed by atoms with Gasteiger partial charge in [0.05, 0.1) is 22.5 Å². The Morgan fingerprint density at radius 2 is 1.96 bits per heavy atom. The van der Waals surface area contributed by atoms with Gasteiger partial charge in [0.2, 0.25) is 0 Å². The van der Waals surface area contributed by atoms with Gasteiger partial charge in [-0.3, -0.25) is 10.1 Å². The number of benzene rings is 2. The van der Waals surface area contributed by atoms with E-state index in [1.807, 2.05) is 25.1 Å². The quantitative estimate of drug-likeness (QED) is 0.512. The lowest BCUT2D eigenvalue weighted by atomic mass is 10.3. The van der Waals surface area contributed by atoms with Crippen molar-refractivity contribution >= 4 is 32.6 Å². The fourth-order valence-electron chi connectivity index (χ4n) is 2.49. The Bertz CT molecular complexity index is 1080. The molecule has 0 aliphatic heterocycles. The van der Waals surface area contributed by atoms with Gasteiger partial charge in [0, 0.05) is 0 Å². The van der Waals surface area contributed by atoms with Crippen LogP contribution in [-0.2, 0) is 4.79 Å². The first kappa shape index (κ1) is 17.9. The molecule has 0 unspecified atom stereocenters. The van der Waals surface area contributed by atoms with Crippen molar-refractivity contribution in [2.24, 2.45) is 0 Å². The fraction of sp³-hybridized carbons (Fsp3) is 0.167. The highest BCUT2D eigenvalue weighted by molar-refractivity contribution is 7.22. The molecule has 9 nitrogen and oxygen atoms in total. The van der Waals surface area contributed by atoms with E-state index in [1.54, 1.807) is 24.3 Å². The normalized spacial score (nSPS) is 10.8. The molecule has 0 saturated carbocycles. The smallest absolute Gasteiger partial charge is 0.264 e. The Morgan fingerprint density at radius 3 is 2.71 bits per heavy atom. The molecule has 10 heteroatoms. The van der Waals surface area contributed by atoms with E-state index in [0.29, 0.717) is 17.5 Å². The molecular weight excluding hydrogens is 380 g/mol. The van der Waals surface area contributed by atoms with Crippen LogP contribution in [0.3, 0.4) is 0 Å². The summed E-state index contributed by atoms with van der Waals surface area (Å²) in [5, 5.41) is 14.3. The van der Waals surface area contributed by atoms with Gasteiger partial charge in [0.15, 0.2) is 11.7 Å². The predicted molar refractivity (Wildman–Crippen MR) is 104 cm³/mol. The number of fused-ring (bicyclic) bond motifs is 1. The Labute approximate surface area is 163 Å². The van der Waals surface area contributed by atoms with Crippen LogP contribution >= 0.6 is 11.3 Å². The fourth-order valence-corrected chi connectivity index (χ4v) is 3.40. The summed E-state index contributed by atoms with van der Waals surface area (Å²) in [4.78, 5) is 16.6. The molecule has 1 amide bonds. The van der Waals surface area contributed by atoms with E-state index >= 15 is 0 Å². The average Bonchev–Trinajstić information content (AvgIpc) is 3.36. The van der Waals surface area contributed by atoms with Crippen LogP contribution in [0.25, 0.3) is 15.9 Å². The number of ether oxygens (including phenoxy) is 2. The molecule has 1 N–H and O–H groups in total. The van der Waals surface area contributed by atoms with Crippen LogP contribution in [0.1, 0.15) is 6.92 Å². The number of hydrogen-bond acceptors (Lipinski definition) is 8. The van der Waals surface area contributed by atoms with Gasteiger partial charge >= 0.3 is 0 Å². The molecule has 2 aromatic carbocycles. The minimum Gasteiger partial charge on any atom is -0.494 e. The summed E-state index contributed by atoms with van der Waals surface area (Å²) in [7, 11) is 0. The summed E-state index contributed by atoms with van der Waals surface area (Å²) in [5.74, 6) is 1.07. The van der Waals surface area contributed by atoms with Gasteiger partial charge in [-0.1, -0.05) is 11.3 Å². The topological polar surface area (TPSA) is 104 Å². The third-order valence-electron chi connectivity index (χ3n) is 3.74. The van der Waals surface area contributed by atoms with Crippen LogP contribution in [0.2, 0.25) is 0 Å². The number of tetrazole rings is 1. The van der Waals surface area contributed by atoms with E-state index in [-0.39, 0.29) is 12.5 Å². The first-order valence-electron chi connectivity index (χ1n) is 8.51. The van der Waals surface area contributed by atoms with Crippen LogP contribution in [0.4, 0.5) is 5.13 Å². The number of rotatable bonds is 7. The zero-order valence-corrected chi connectivity index (χ0v) is 15.7. The first-order valence-corrected chi connectivity index (χ1v) is 9.32. The number of hydrogen-bond donors (Lipinski definition) is 1. The predicted octanol–water partition coefficient (Wildman–Crippen LogP) is 2.69. The van der Waals surface area contributed by atoms with Gasteiger partial charge in [-0.05, 0) is 59.8 Å². The van der Waals surface area contributed by atoms with Gasteiger partial charge < -0.3 is 9.47 Å². The maximum atomic E-state index is 12.2. The minimum atomic E-state index is -0.284. The minimum absolute atomic E-state index is 0.121. The summed E-state index contributed by atoms with van der Waals surface area (Å²) >= 11 is 1.39. The number of nitrogens with zero attached hydrogens (tertiary/aromatic N) is 5. The van der Waals surface area contributed by atoms with Crippen molar-refractivity contribution in [3.8, 4) is 17.2 Å². The Balaban J connectivity index is 1.34. The van der Waals surface area contributed by atoms with Crippen molar-refractivity contribution in [1.82, 2.24) is 25.2 Å². The second-order valence-corrected chi connectivity index (χ2v) is 6.70. The molecule has 0 bridgehead atoms. The molecule has 142 valence electrons. The maximum absolute atomic E-state index is 12.2. The van der Waals surface area contributed by atoms with Gasteiger partial charge in [0.1, 0.15) is 17.8 Å². The molecule has 0 aliphatic carbocycles. The average molecular weight is 396 g/mol. The van der Waals surface area contributed by atoms with Gasteiger partial charge in [-0.25, -0.2) is 9.67 Å². The number of carbonyl (C=O) groups is 1. The van der Waals surface area contributed by atoms with E-state index in [1.165, 1.54) is 22.3 Å². The molecule has 28 heavy (non-hydrogen) atoms. The monoisotopic (exact) mass is 396 g/mol. The lowest BCUT2D eigenvalue weighted by Crippen LogP contribution is -2.20. The number of aromatic nitrogens is 5. The zero-order chi connectivity index (χ0) is 19.3. The van der Waals surface area contributed by atoms with Gasteiger partial charge in [0.25, 0.3) is 5.91 Å². The molecule has 0 radical (unpaired) electrons. The summed E-state index contributed by atoms with van der Waals surface area (Å²) in [6.07, 6.45) is 1.50. The summed E-state index contributed by atoms with van der Waals surface area (Å²) < 4.78 is 13.5. The van der Waals surface area contributed by atoms with E-state index in [2.05, 4.69) is 25.8 Å². The third-order valence-corrected chi connectivity index (χ3v) is 4.67. The van der Waals surface area contributed by atoms with Crippen LogP contribution in [-0.4, -0.2) is 44.3 Å². The van der Waals surface area contributed by atoms with E-state index in [4.69, 9.17) is 9.47 Å². The van der Waals surface area contributed by atoms with Crippen molar-refractivity contribution in [2.45, 2.75) is 6.92 Å². The molecule has 0 spiro atoms. The number of amides is 1. The number of anilines is 1.